The minimum atomic E-state index is -0.692. The van der Waals surface area contributed by atoms with Crippen LogP contribution in [0, 0.1) is 0 Å². The predicted octanol–water partition coefficient (Wildman–Crippen LogP) is 2.00. The van der Waals surface area contributed by atoms with Crippen molar-refractivity contribution in [3.8, 4) is 0 Å². The molecule has 1 fully saturated rings. The molecule has 9 nitrogen and oxygen atoms in total. The lowest BCUT2D eigenvalue weighted by Gasteiger charge is -2.38. The van der Waals surface area contributed by atoms with E-state index in [9.17, 15) is 9.59 Å². The van der Waals surface area contributed by atoms with E-state index in [0.29, 0.717) is 34.6 Å². The summed E-state index contributed by atoms with van der Waals surface area (Å²) in [5, 5.41) is 4.04. The molecule has 1 aliphatic heterocycles. The number of carbonyl (C=O) groups excluding carboxylic acids is 2. The molecule has 2 aromatic rings. The lowest BCUT2D eigenvalue weighted by atomic mass is 10.0. The number of likely N-dealkylation sites (N-methyl/N-ethyl adjacent to an activating group) is 1. The monoisotopic (exact) mass is 451 g/mol. The Hall–Kier alpha value is -2.78. The summed E-state index contributed by atoms with van der Waals surface area (Å²) in [7, 11) is 1.80. The van der Waals surface area contributed by atoms with Crippen molar-refractivity contribution in [2.75, 3.05) is 42.6 Å². The van der Waals surface area contributed by atoms with Crippen molar-refractivity contribution in [2.45, 2.75) is 18.9 Å². The second-order valence-electron chi connectivity index (χ2n) is 7.08. The molecule has 5 N–H and O–H groups in total. The molecule has 160 valence electrons. The number of nitrogens with one attached hydrogen (secondary N) is 1. The van der Waals surface area contributed by atoms with Crippen molar-refractivity contribution in [2.24, 2.45) is 5.73 Å². The molecule has 3 rings (SSSR count). The van der Waals surface area contributed by atoms with Crippen LogP contribution in [0.1, 0.15) is 23.2 Å². The number of anilines is 3. The average Bonchev–Trinajstić information content (AvgIpc) is 2.70. The van der Waals surface area contributed by atoms with Gasteiger partial charge in [0.1, 0.15) is 23.5 Å². The number of nitrogen functional groups attached to an aromatic ring is 1. The van der Waals surface area contributed by atoms with E-state index in [1.807, 2.05) is 4.90 Å². The highest BCUT2D eigenvalue weighted by Gasteiger charge is 2.29. The van der Waals surface area contributed by atoms with Gasteiger partial charge in [-0.1, -0.05) is 23.2 Å². The maximum atomic E-state index is 12.7. The highest BCUT2D eigenvalue weighted by atomic mass is 35.5. The standard InChI is InChI=1S/C19H23Cl2N7O2/c1-27(19-16(18(23)30)17(22)25-10-26-19)14-3-2-4-28(9-14)15(29)8-24-13-6-11(20)5-12(21)7-13/h5-7,10,14,24H,2-4,8-9H2,1H3,(H2,23,30)(H2,22,25,26). The van der Waals surface area contributed by atoms with Crippen molar-refractivity contribution < 1.29 is 9.59 Å². The largest absolute Gasteiger partial charge is 0.383 e. The summed E-state index contributed by atoms with van der Waals surface area (Å²) >= 11 is 12.0. The molecule has 1 aromatic carbocycles. The number of benzene rings is 1. The maximum Gasteiger partial charge on any atom is 0.256 e. The van der Waals surface area contributed by atoms with Gasteiger partial charge in [-0.25, -0.2) is 9.97 Å². The first kappa shape index (κ1) is 21.9. The smallest absolute Gasteiger partial charge is 0.256 e. The lowest BCUT2D eigenvalue weighted by Crippen LogP contribution is -2.50. The molecule has 0 radical (unpaired) electrons. The topological polar surface area (TPSA) is 130 Å². The summed E-state index contributed by atoms with van der Waals surface area (Å²) < 4.78 is 0. The molecular formula is C19H23Cl2N7O2. The number of aromatic nitrogens is 2. The fourth-order valence-corrected chi connectivity index (χ4v) is 4.03. The third kappa shape index (κ3) is 5.03. The van der Waals surface area contributed by atoms with Gasteiger partial charge in [0.15, 0.2) is 0 Å². The Balaban J connectivity index is 1.67. The number of hydrogen-bond acceptors (Lipinski definition) is 7. The second-order valence-corrected chi connectivity index (χ2v) is 7.95. The number of amides is 2. The summed E-state index contributed by atoms with van der Waals surface area (Å²) in [5.74, 6) is -0.349. The first-order chi connectivity index (χ1) is 14.3. The molecule has 1 unspecified atom stereocenters. The van der Waals surface area contributed by atoms with Crippen LogP contribution < -0.4 is 21.7 Å². The zero-order chi connectivity index (χ0) is 21.8. The van der Waals surface area contributed by atoms with Crippen LogP contribution in [0.2, 0.25) is 10.0 Å². The van der Waals surface area contributed by atoms with Crippen LogP contribution in [0.3, 0.4) is 0 Å². The Labute approximate surface area is 184 Å². The lowest BCUT2D eigenvalue weighted by molar-refractivity contribution is -0.130. The van der Waals surface area contributed by atoms with E-state index >= 15 is 0 Å². The van der Waals surface area contributed by atoms with Gasteiger partial charge in [-0.2, -0.15) is 0 Å². The number of nitrogens with two attached hydrogens (primary N) is 2. The molecule has 1 atom stereocenters. The summed E-state index contributed by atoms with van der Waals surface area (Å²) in [5.41, 5.74) is 12.0. The molecule has 0 saturated carbocycles. The summed E-state index contributed by atoms with van der Waals surface area (Å²) in [6.07, 6.45) is 2.94. The molecule has 0 aliphatic carbocycles. The van der Waals surface area contributed by atoms with Crippen molar-refractivity contribution >= 4 is 52.3 Å². The molecule has 2 heterocycles. The summed E-state index contributed by atoms with van der Waals surface area (Å²) in [6.45, 7) is 1.24. The molecule has 1 saturated heterocycles. The number of piperidine rings is 1. The minimum Gasteiger partial charge on any atom is -0.383 e. The third-order valence-electron chi connectivity index (χ3n) is 5.04. The van der Waals surface area contributed by atoms with Crippen LogP contribution in [-0.2, 0) is 4.79 Å². The van der Waals surface area contributed by atoms with Crippen molar-refractivity contribution in [1.29, 1.82) is 0 Å². The Morgan fingerprint density at radius 1 is 1.27 bits per heavy atom. The van der Waals surface area contributed by atoms with E-state index in [1.165, 1.54) is 6.33 Å². The van der Waals surface area contributed by atoms with Crippen LogP contribution in [-0.4, -0.2) is 59.4 Å². The molecule has 1 aliphatic rings. The number of carbonyl (C=O) groups is 2. The molecule has 11 heteroatoms. The van der Waals surface area contributed by atoms with Gasteiger partial charge in [-0.05, 0) is 31.0 Å². The second kappa shape index (κ2) is 9.36. The van der Waals surface area contributed by atoms with Gasteiger partial charge in [-0.3, -0.25) is 9.59 Å². The SMILES string of the molecule is CN(c1ncnc(N)c1C(N)=O)C1CCCN(C(=O)CNc2cc(Cl)cc(Cl)c2)C1. The van der Waals surface area contributed by atoms with Crippen LogP contribution in [0.5, 0.6) is 0 Å². The number of primary amides is 1. The number of hydrogen-bond donors (Lipinski definition) is 3. The summed E-state index contributed by atoms with van der Waals surface area (Å²) in [4.78, 5) is 36.2. The van der Waals surface area contributed by atoms with Gasteiger partial charge in [0.2, 0.25) is 5.91 Å². The van der Waals surface area contributed by atoms with Gasteiger partial charge in [0.05, 0.1) is 6.54 Å². The summed E-state index contributed by atoms with van der Waals surface area (Å²) in [6, 6.07) is 4.99. The molecule has 0 spiro atoms. The third-order valence-corrected chi connectivity index (χ3v) is 5.48. The van der Waals surface area contributed by atoms with Gasteiger partial charge < -0.3 is 26.6 Å². The fourth-order valence-electron chi connectivity index (χ4n) is 3.51. The Morgan fingerprint density at radius 3 is 2.63 bits per heavy atom. The van der Waals surface area contributed by atoms with Crippen LogP contribution in [0.4, 0.5) is 17.3 Å². The normalized spacial score (nSPS) is 16.2. The Kier molecular flexibility index (Phi) is 6.84. The zero-order valence-corrected chi connectivity index (χ0v) is 18.0. The van der Waals surface area contributed by atoms with Crippen LogP contribution >= 0.6 is 23.2 Å². The first-order valence-electron chi connectivity index (χ1n) is 9.37. The number of halogens is 2. The van der Waals surface area contributed by atoms with Gasteiger partial charge >= 0.3 is 0 Å². The minimum absolute atomic E-state index is 0.0347. The quantitative estimate of drug-likeness (QED) is 0.611. The van der Waals surface area contributed by atoms with E-state index in [4.69, 9.17) is 34.7 Å². The van der Waals surface area contributed by atoms with Gasteiger partial charge in [0, 0.05) is 41.9 Å². The fraction of sp³-hybridized carbons (Fsp3) is 0.368. The molecule has 0 bridgehead atoms. The van der Waals surface area contributed by atoms with Crippen molar-refractivity contribution in [3.63, 3.8) is 0 Å². The highest BCUT2D eigenvalue weighted by Crippen LogP contribution is 2.26. The average molecular weight is 452 g/mol. The molecule has 30 heavy (non-hydrogen) atoms. The van der Waals surface area contributed by atoms with E-state index < -0.39 is 5.91 Å². The van der Waals surface area contributed by atoms with E-state index in [0.717, 1.165) is 12.8 Å². The Morgan fingerprint density at radius 2 is 1.97 bits per heavy atom. The van der Waals surface area contributed by atoms with Crippen molar-refractivity contribution in [3.05, 3.63) is 40.1 Å². The zero-order valence-electron chi connectivity index (χ0n) is 16.4. The number of likely N-dealkylation sites (tertiary alicyclic amines) is 1. The maximum absolute atomic E-state index is 12.7. The van der Waals surface area contributed by atoms with E-state index in [-0.39, 0.29) is 29.9 Å². The molecular weight excluding hydrogens is 429 g/mol. The number of nitrogens with zero attached hydrogens (tertiary/aromatic N) is 4. The van der Waals surface area contributed by atoms with Crippen molar-refractivity contribution in [1.82, 2.24) is 14.9 Å². The van der Waals surface area contributed by atoms with E-state index in [2.05, 4.69) is 15.3 Å². The molecule has 2 amide bonds. The Bertz CT molecular complexity index is 936. The van der Waals surface area contributed by atoms with Gasteiger partial charge in [-0.15, -0.1) is 0 Å². The van der Waals surface area contributed by atoms with Gasteiger partial charge in [0.25, 0.3) is 5.91 Å². The van der Waals surface area contributed by atoms with Crippen LogP contribution in [0.15, 0.2) is 24.5 Å². The van der Waals surface area contributed by atoms with Crippen LogP contribution in [0.25, 0.3) is 0 Å². The predicted molar refractivity (Wildman–Crippen MR) is 118 cm³/mol. The number of rotatable bonds is 6. The first-order valence-corrected chi connectivity index (χ1v) is 10.1. The van der Waals surface area contributed by atoms with E-state index in [1.54, 1.807) is 30.1 Å². The highest BCUT2D eigenvalue weighted by molar-refractivity contribution is 6.35. The molecule has 1 aromatic heterocycles.